The Morgan fingerprint density at radius 1 is 1.24 bits per heavy atom. The van der Waals surface area contributed by atoms with Crippen LogP contribution in [0.1, 0.15) is 0 Å². The largest absolute Gasteiger partial charge is 0.370 e. The number of hydrogen-bond donors (Lipinski definition) is 0. The van der Waals surface area contributed by atoms with Crippen LogP contribution < -0.4 is 5.01 Å². The van der Waals surface area contributed by atoms with Gasteiger partial charge < -0.3 is 4.74 Å². The van der Waals surface area contributed by atoms with Gasteiger partial charge in [-0.3, -0.25) is 10.1 Å². The Hall–Kier alpha value is -1.66. The Labute approximate surface area is 98.7 Å². The van der Waals surface area contributed by atoms with E-state index in [1.807, 2.05) is 12.1 Å². The second kappa shape index (κ2) is 3.68. The van der Waals surface area contributed by atoms with Crippen LogP contribution >= 0.6 is 0 Å². The zero-order valence-electron chi connectivity index (χ0n) is 9.41. The average molecular weight is 236 g/mol. The van der Waals surface area contributed by atoms with Crippen LogP contribution in [-0.4, -0.2) is 42.5 Å². The maximum atomic E-state index is 10.6. The van der Waals surface area contributed by atoms with Crippen LogP contribution in [0.2, 0.25) is 0 Å². The molecule has 6 heteroatoms. The normalized spacial score (nSPS) is 21.5. The minimum absolute atomic E-state index is 0.143. The summed E-state index contributed by atoms with van der Waals surface area (Å²) in [4.78, 5) is 10.2. The lowest BCUT2D eigenvalue weighted by Gasteiger charge is -2.23. The van der Waals surface area contributed by atoms with E-state index in [1.54, 1.807) is 12.1 Å². The van der Waals surface area contributed by atoms with Gasteiger partial charge in [0.1, 0.15) is 13.1 Å². The molecule has 6 nitrogen and oxygen atoms in total. The molecule has 0 aliphatic carbocycles. The molecule has 3 rings (SSSR count). The Morgan fingerprint density at radius 3 is 2.47 bits per heavy atom. The molecule has 2 aliphatic heterocycles. The van der Waals surface area contributed by atoms with Gasteiger partial charge in [-0.2, -0.15) is 9.60 Å². The molecular formula is C11H14N3O3+. The minimum Gasteiger partial charge on any atom is -0.370 e. The third-order valence-electron chi connectivity index (χ3n) is 3.49. The van der Waals surface area contributed by atoms with E-state index in [2.05, 4.69) is 5.01 Å². The van der Waals surface area contributed by atoms with Crippen LogP contribution in [0.4, 0.5) is 11.4 Å². The fraction of sp³-hybridized carbons (Fsp3) is 0.455. The molecule has 0 N–H and O–H groups in total. The molecule has 1 aromatic carbocycles. The SMILES string of the molecule is O=[N+]([O-])c1ccc(N2C[N+]23CCOCC3)cc1. The van der Waals surface area contributed by atoms with Crippen molar-refractivity contribution in [1.82, 2.24) is 0 Å². The van der Waals surface area contributed by atoms with Crippen molar-refractivity contribution in [2.75, 3.05) is 38.0 Å². The lowest BCUT2D eigenvalue weighted by molar-refractivity contribution is -0.815. The van der Waals surface area contributed by atoms with Gasteiger partial charge in [-0.1, -0.05) is 0 Å². The highest BCUT2D eigenvalue weighted by atomic mass is 16.6. The predicted octanol–water partition coefficient (Wildman–Crippen LogP) is 1.13. The minimum atomic E-state index is -0.370. The lowest BCUT2D eigenvalue weighted by atomic mass is 10.3. The molecule has 17 heavy (non-hydrogen) atoms. The number of hydrogen-bond acceptors (Lipinski definition) is 4. The highest BCUT2D eigenvalue weighted by Crippen LogP contribution is 2.36. The first kappa shape index (κ1) is 10.5. The topological polar surface area (TPSA) is 55.4 Å². The fourth-order valence-corrected chi connectivity index (χ4v) is 2.36. The zero-order chi connectivity index (χ0) is 11.9. The summed E-state index contributed by atoms with van der Waals surface area (Å²) in [7, 11) is 0. The molecule has 0 aromatic heterocycles. The number of non-ortho nitro benzene ring substituents is 1. The summed E-state index contributed by atoms with van der Waals surface area (Å²) in [6, 6.07) is 6.76. The first-order valence-corrected chi connectivity index (χ1v) is 5.68. The van der Waals surface area contributed by atoms with Gasteiger partial charge in [0.05, 0.1) is 23.8 Å². The first-order valence-electron chi connectivity index (χ1n) is 5.68. The van der Waals surface area contributed by atoms with Crippen molar-refractivity contribution in [3.63, 3.8) is 0 Å². The van der Waals surface area contributed by atoms with E-state index in [-0.39, 0.29) is 10.6 Å². The summed E-state index contributed by atoms with van der Waals surface area (Å²) in [6.07, 6.45) is 0. The Kier molecular flexibility index (Phi) is 2.27. The summed E-state index contributed by atoms with van der Waals surface area (Å²) >= 11 is 0. The van der Waals surface area contributed by atoms with Crippen molar-refractivity contribution >= 4 is 11.4 Å². The summed E-state index contributed by atoms with van der Waals surface area (Å²) in [5.41, 5.74) is 1.20. The molecule has 90 valence electrons. The molecule has 0 amide bonds. The maximum Gasteiger partial charge on any atom is 0.269 e. The van der Waals surface area contributed by atoms with Crippen LogP contribution in [0, 0.1) is 10.1 Å². The maximum absolute atomic E-state index is 10.6. The van der Waals surface area contributed by atoms with E-state index in [0.29, 0.717) is 0 Å². The van der Waals surface area contributed by atoms with Crippen LogP contribution in [0.5, 0.6) is 0 Å². The lowest BCUT2D eigenvalue weighted by Crippen LogP contribution is -2.42. The van der Waals surface area contributed by atoms with Crippen LogP contribution in [0.3, 0.4) is 0 Å². The second-order valence-corrected chi connectivity index (χ2v) is 4.47. The van der Waals surface area contributed by atoms with Gasteiger partial charge in [-0.15, -0.1) is 0 Å². The Morgan fingerprint density at radius 2 is 1.88 bits per heavy atom. The van der Waals surface area contributed by atoms with E-state index in [1.165, 1.54) is 0 Å². The molecule has 0 saturated carbocycles. The quantitative estimate of drug-likeness (QED) is 0.334. The fourth-order valence-electron chi connectivity index (χ4n) is 2.36. The van der Waals surface area contributed by atoms with Crippen LogP contribution in [0.25, 0.3) is 0 Å². The summed E-state index contributed by atoms with van der Waals surface area (Å²) in [5, 5.41) is 12.8. The van der Waals surface area contributed by atoms with E-state index < -0.39 is 0 Å². The van der Waals surface area contributed by atoms with Crippen molar-refractivity contribution in [2.45, 2.75) is 0 Å². The van der Waals surface area contributed by atoms with Crippen molar-refractivity contribution < 1.29 is 14.3 Å². The number of nitro benzene ring substituents is 1. The smallest absolute Gasteiger partial charge is 0.269 e. The van der Waals surface area contributed by atoms with Crippen molar-refractivity contribution in [3.8, 4) is 0 Å². The van der Waals surface area contributed by atoms with Gasteiger partial charge in [-0.05, 0) is 12.1 Å². The van der Waals surface area contributed by atoms with Crippen molar-refractivity contribution in [1.29, 1.82) is 0 Å². The highest BCUT2D eigenvalue weighted by Gasteiger charge is 2.54. The van der Waals surface area contributed by atoms with Crippen molar-refractivity contribution in [3.05, 3.63) is 34.4 Å². The van der Waals surface area contributed by atoms with Gasteiger partial charge in [0.15, 0.2) is 0 Å². The predicted molar refractivity (Wildman–Crippen MR) is 61.3 cm³/mol. The number of nitro groups is 1. The second-order valence-electron chi connectivity index (χ2n) is 4.47. The van der Waals surface area contributed by atoms with Gasteiger partial charge in [0, 0.05) is 12.1 Å². The Bertz CT molecular complexity index is 440. The molecule has 0 bridgehead atoms. The molecule has 0 atom stereocenters. The monoisotopic (exact) mass is 236 g/mol. The molecule has 0 radical (unpaired) electrons. The number of benzene rings is 1. The van der Waals surface area contributed by atoms with Gasteiger partial charge >= 0.3 is 0 Å². The summed E-state index contributed by atoms with van der Waals surface area (Å²) in [6.45, 7) is 4.57. The van der Waals surface area contributed by atoms with Crippen LogP contribution in [-0.2, 0) is 4.74 Å². The first-order chi connectivity index (χ1) is 8.21. The number of morpholine rings is 1. The van der Waals surface area contributed by atoms with Gasteiger partial charge in [-0.25, -0.2) is 0 Å². The number of anilines is 1. The van der Waals surface area contributed by atoms with E-state index in [0.717, 1.165) is 43.3 Å². The zero-order valence-corrected chi connectivity index (χ0v) is 9.41. The van der Waals surface area contributed by atoms with Crippen molar-refractivity contribution in [2.24, 2.45) is 0 Å². The molecule has 1 spiro atoms. The van der Waals surface area contributed by atoms with Gasteiger partial charge in [0.2, 0.25) is 6.67 Å². The van der Waals surface area contributed by atoms with E-state index in [4.69, 9.17) is 4.74 Å². The molecule has 2 heterocycles. The molecule has 0 unspecified atom stereocenters. The summed E-state index contributed by atoms with van der Waals surface area (Å²) in [5.74, 6) is 0. The number of ether oxygens (including phenoxy) is 1. The van der Waals surface area contributed by atoms with E-state index >= 15 is 0 Å². The van der Waals surface area contributed by atoms with Gasteiger partial charge in [0.25, 0.3) is 5.69 Å². The molecular weight excluding hydrogens is 222 g/mol. The third kappa shape index (κ3) is 1.75. The average Bonchev–Trinajstić information content (AvgIpc) is 3.04. The highest BCUT2D eigenvalue weighted by molar-refractivity contribution is 5.50. The number of rotatable bonds is 2. The molecule has 2 aliphatic rings. The molecule has 1 aromatic rings. The summed E-state index contributed by atoms with van der Waals surface area (Å²) < 4.78 is 6.29. The van der Waals surface area contributed by atoms with E-state index in [9.17, 15) is 10.1 Å². The molecule has 2 saturated heterocycles. The Balaban J connectivity index is 1.76. The molecule has 2 fully saturated rings. The standard InChI is InChI=1S/C11H14N3O3/c15-13(16)11-3-1-10(2-4-11)12-9-14(12)5-7-17-8-6-14/h1-4H,5-9H2/q+1. The third-order valence-corrected chi connectivity index (χ3v) is 3.49. The number of nitrogens with zero attached hydrogens (tertiary/aromatic N) is 3. The number of quaternary nitrogens is 1. The van der Waals surface area contributed by atoms with Crippen LogP contribution in [0.15, 0.2) is 24.3 Å².